The molecule has 0 bridgehead atoms. The summed E-state index contributed by atoms with van der Waals surface area (Å²) in [6, 6.07) is 58.2. The van der Waals surface area contributed by atoms with Gasteiger partial charge in [-0.2, -0.15) is 0 Å². The molecule has 3 heterocycles. The number of rotatable bonds is 4. The molecule has 4 heteroatoms. The molecular formula is C53H34N2O2. The maximum absolute atomic E-state index is 6.88. The smallest absolute Gasteiger partial charge is 0.160 e. The molecule has 0 atom stereocenters. The summed E-state index contributed by atoms with van der Waals surface area (Å²) in [5.41, 5.74) is 15.5. The third-order valence-electron chi connectivity index (χ3n) is 12.0. The Morgan fingerprint density at radius 1 is 0.456 bits per heavy atom. The molecule has 4 nitrogen and oxygen atoms in total. The maximum atomic E-state index is 6.88. The van der Waals surface area contributed by atoms with E-state index in [9.17, 15) is 0 Å². The topological polar surface area (TPSA) is 48.2 Å². The van der Waals surface area contributed by atoms with Gasteiger partial charge in [-0.15, -0.1) is 0 Å². The summed E-state index contributed by atoms with van der Waals surface area (Å²) in [6.45, 7) is 0. The number of fused-ring (bicyclic) bond motifs is 12. The molecule has 0 radical (unpaired) electrons. The number of furan rings is 1. The normalized spacial score (nSPS) is 14.5. The molecule has 0 saturated heterocycles. The number of nitrogens with zero attached hydrogens (tertiary/aromatic N) is 2. The molecule has 1 aliphatic heterocycles. The van der Waals surface area contributed by atoms with Crippen LogP contribution >= 0.6 is 0 Å². The average molecular weight is 731 g/mol. The number of aromatic nitrogens is 2. The third-order valence-corrected chi connectivity index (χ3v) is 12.0. The molecule has 9 aromatic rings. The molecule has 0 unspecified atom stereocenters. The third kappa shape index (κ3) is 4.74. The first kappa shape index (κ1) is 32.0. The zero-order valence-electron chi connectivity index (χ0n) is 30.9. The Balaban J connectivity index is 1.03. The first-order valence-corrected chi connectivity index (χ1v) is 19.6. The van der Waals surface area contributed by atoms with Crippen molar-refractivity contribution < 1.29 is 9.15 Å². The Bertz CT molecular complexity index is 3140. The Morgan fingerprint density at radius 2 is 1.11 bits per heavy atom. The Kier molecular flexibility index (Phi) is 6.93. The van der Waals surface area contributed by atoms with E-state index in [2.05, 4.69) is 170 Å². The van der Waals surface area contributed by atoms with Crippen molar-refractivity contribution in [3.8, 4) is 56.3 Å². The zero-order chi connectivity index (χ0) is 37.5. The van der Waals surface area contributed by atoms with Crippen molar-refractivity contribution in [3.05, 3.63) is 210 Å². The Morgan fingerprint density at radius 3 is 1.91 bits per heavy atom. The largest absolute Gasteiger partial charge is 0.457 e. The van der Waals surface area contributed by atoms with Gasteiger partial charge in [0.15, 0.2) is 5.82 Å². The fourth-order valence-corrected chi connectivity index (χ4v) is 9.51. The molecule has 0 amide bonds. The van der Waals surface area contributed by atoms with Crippen LogP contribution in [-0.2, 0) is 5.41 Å². The van der Waals surface area contributed by atoms with Crippen LogP contribution in [0.25, 0.3) is 72.3 Å². The lowest BCUT2D eigenvalue weighted by Gasteiger charge is -2.39. The monoisotopic (exact) mass is 730 g/mol. The van der Waals surface area contributed by atoms with E-state index in [-0.39, 0.29) is 0 Å². The van der Waals surface area contributed by atoms with Crippen LogP contribution in [0, 0.1) is 0 Å². The second-order valence-corrected chi connectivity index (χ2v) is 15.1. The molecule has 2 aliphatic carbocycles. The average Bonchev–Trinajstić information content (AvgIpc) is 3.80. The highest BCUT2D eigenvalue weighted by atomic mass is 16.5. The molecule has 0 N–H and O–H groups in total. The molecule has 1 spiro atoms. The van der Waals surface area contributed by atoms with Gasteiger partial charge < -0.3 is 9.15 Å². The second-order valence-electron chi connectivity index (χ2n) is 15.1. The van der Waals surface area contributed by atoms with E-state index >= 15 is 0 Å². The number of ether oxygens (including phenoxy) is 1. The quantitative estimate of drug-likeness (QED) is 0.181. The minimum Gasteiger partial charge on any atom is -0.457 e. The highest BCUT2D eigenvalue weighted by Gasteiger charge is 2.50. The van der Waals surface area contributed by atoms with Crippen molar-refractivity contribution >= 4 is 27.5 Å². The SMILES string of the molecule is C1=CC(c2nc(-c3ccc4c(c3)oc3ccccc34)cc(-c3ccccc3-c3ccc4c(c3)Oc3ccccc3C43c4ccccc4-c4ccccc43)n2)=CCC1. The van der Waals surface area contributed by atoms with Gasteiger partial charge in [0.25, 0.3) is 0 Å². The fourth-order valence-electron chi connectivity index (χ4n) is 9.51. The second kappa shape index (κ2) is 12.4. The predicted octanol–water partition coefficient (Wildman–Crippen LogP) is 13.6. The lowest BCUT2D eigenvalue weighted by atomic mass is 9.66. The van der Waals surface area contributed by atoms with E-state index in [1.807, 2.05) is 12.1 Å². The van der Waals surface area contributed by atoms with Gasteiger partial charge in [-0.1, -0.05) is 146 Å². The summed E-state index contributed by atoms with van der Waals surface area (Å²) in [4.78, 5) is 10.5. The van der Waals surface area contributed by atoms with Gasteiger partial charge in [0.1, 0.15) is 22.7 Å². The van der Waals surface area contributed by atoms with Crippen LogP contribution in [0.15, 0.2) is 186 Å². The van der Waals surface area contributed by atoms with E-state index in [0.29, 0.717) is 5.82 Å². The van der Waals surface area contributed by atoms with Gasteiger partial charge in [-0.3, -0.25) is 0 Å². The molecule has 0 saturated carbocycles. The van der Waals surface area contributed by atoms with E-state index in [1.54, 1.807) is 0 Å². The number of hydrogen-bond acceptors (Lipinski definition) is 4. The van der Waals surface area contributed by atoms with Crippen molar-refractivity contribution in [2.75, 3.05) is 0 Å². The summed E-state index contributed by atoms with van der Waals surface area (Å²) < 4.78 is 13.2. The van der Waals surface area contributed by atoms with Crippen LogP contribution in [0.1, 0.15) is 40.9 Å². The van der Waals surface area contributed by atoms with Gasteiger partial charge in [0.05, 0.1) is 16.8 Å². The van der Waals surface area contributed by atoms with Crippen LogP contribution < -0.4 is 4.74 Å². The van der Waals surface area contributed by atoms with Gasteiger partial charge in [0, 0.05) is 38.6 Å². The van der Waals surface area contributed by atoms with Crippen molar-refractivity contribution in [2.45, 2.75) is 18.3 Å². The highest BCUT2D eigenvalue weighted by molar-refractivity contribution is 6.06. The van der Waals surface area contributed by atoms with E-state index < -0.39 is 5.41 Å². The molecule has 268 valence electrons. The first-order valence-electron chi connectivity index (χ1n) is 19.6. The standard InChI is InChI=1S/C53H34N2O2/c1-2-14-33(15-3-1)52-54-46(35-26-28-41-40-20-8-12-24-48(40)56-50(41)31-35)32-47(55-52)39-19-5-4-16-36(39)34-27-29-45-51(30-34)57-49-25-13-11-23-44(49)53(45)42-21-9-6-17-37(42)38-18-7-10-22-43(38)53/h2,4-32H,1,3H2. The summed E-state index contributed by atoms with van der Waals surface area (Å²) in [6.07, 6.45) is 8.58. The van der Waals surface area contributed by atoms with Gasteiger partial charge in [0.2, 0.25) is 0 Å². The maximum Gasteiger partial charge on any atom is 0.160 e. The number of para-hydroxylation sites is 2. The summed E-state index contributed by atoms with van der Waals surface area (Å²) in [5, 5.41) is 2.20. The number of hydrogen-bond donors (Lipinski definition) is 0. The minimum absolute atomic E-state index is 0.506. The van der Waals surface area contributed by atoms with Crippen LogP contribution in [-0.4, -0.2) is 9.97 Å². The molecule has 7 aromatic carbocycles. The number of benzene rings is 7. The summed E-state index contributed by atoms with van der Waals surface area (Å²) in [7, 11) is 0. The molecule has 12 rings (SSSR count). The van der Waals surface area contributed by atoms with Crippen molar-refractivity contribution in [2.24, 2.45) is 0 Å². The van der Waals surface area contributed by atoms with Crippen LogP contribution in [0.4, 0.5) is 0 Å². The minimum atomic E-state index is -0.506. The first-order chi connectivity index (χ1) is 28.2. The highest BCUT2D eigenvalue weighted by Crippen LogP contribution is 2.62. The van der Waals surface area contributed by atoms with Crippen LogP contribution in [0.5, 0.6) is 11.5 Å². The number of allylic oxidation sites excluding steroid dienone is 4. The van der Waals surface area contributed by atoms with Crippen LogP contribution in [0.3, 0.4) is 0 Å². The predicted molar refractivity (Wildman–Crippen MR) is 229 cm³/mol. The van der Waals surface area contributed by atoms with Gasteiger partial charge in [-0.25, -0.2) is 9.97 Å². The van der Waals surface area contributed by atoms with E-state index in [1.165, 1.54) is 22.3 Å². The molecular weight excluding hydrogens is 697 g/mol. The molecule has 0 fully saturated rings. The van der Waals surface area contributed by atoms with Crippen molar-refractivity contribution in [1.82, 2.24) is 9.97 Å². The summed E-state index contributed by atoms with van der Waals surface area (Å²) in [5.74, 6) is 2.44. The lowest BCUT2D eigenvalue weighted by molar-refractivity contribution is 0.436. The van der Waals surface area contributed by atoms with Gasteiger partial charge >= 0.3 is 0 Å². The van der Waals surface area contributed by atoms with Crippen LogP contribution in [0.2, 0.25) is 0 Å². The van der Waals surface area contributed by atoms with Crippen molar-refractivity contribution in [3.63, 3.8) is 0 Å². The zero-order valence-corrected chi connectivity index (χ0v) is 30.9. The van der Waals surface area contributed by atoms with Gasteiger partial charge in [-0.05, 0) is 82.6 Å². The fraction of sp³-hybridized carbons (Fsp3) is 0.0566. The molecule has 2 aromatic heterocycles. The van der Waals surface area contributed by atoms with E-state index in [0.717, 1.165) is 96.6 Å². The summed E-state index contributed by atoms with van der Waals surface area (Å²) >= 11 is 0. The lowest BCUT2D eigenvalue weighted by Crippen LogP contribution is -2.32. The Labute approximate surface area is 330 Å². The van der Waals surface area contributed by atoms with E-state index in [4.69, 9.17) is 19.1 Å². The molecule has 3 aliphatic rings. The van der Waals surface area contributed by atoms with Crippen molar-refractivity contribution in [1.29, 1.82) is 0 Å². The molecule has 57 heavy (non-hydrogen) atoms. The Hall–Kier alpha value is -7.30.